The number of hydrogen-bond donors (Lipinski definition) is 0. The summed E-state index contributed by atoms with van der Waals surface area (Å²) >= 11 is 7.36. The molecular formula is C10H14Br2. The summed E-state index contributed by atoms with van der Waals surface area (Å²) in [4.78, 5) is 0.572. The molecule has 12 heavy (non-hydrogen) atoms. The van der Waals surface area contributed by atoms with Crippen molar-refractivity contribution in [2.75, 3.05) is 0 Å². The first-order chi connectivity index (χ1) is 5.50. The Hall–Kier alpha value is 0.440. The summed E-state index contributed by atoms with van der Waals surface area (Å²) in [5.74, 6) is 0. The molecule has 0 heterocycles. The maximum atomic E-state index is 3.82. The predicted octanol–water partition coefficient (Wildman–Crippen LogP) is 4.40. The molecule has 1 unspecified atom stereocenters. The fourth-order valence-corrected chi connectivity index (χ4v) is 2.90. The number of halogens is 2. The van der Waals surface area contributed by atoms with E-state index in [4.69, 9.17) is 0 Å². The molecule has 1 aliphatic carbocycles. The van der Waals surface area contributed by atoms with Crippen molar-refractivity contribution < 1.29 is 0 Å². The normalized spacial score (nSPS) is 28.8. The van der Waals surface area contributed by atoms with Crippen LogP contribution in [0.1, 0.15) is 26.7 Å². The van der Waals surface area contributed by atoms with Crippen LogP contribution in [-0.2, 0) is 0 Å². The average molecular weight is 294 g/mol. The first-order valence-electron chi connectivity index (χ1n) is 4.15. The van der Waals surface area contributed by atoms with Crippen molar-refractivity contribution in [3.05, 3.63) is 22.7 Å². The lowest BCUT2D eigenvalue weighted by Crippen LogP contribution is -2.28. The average Bonchev–Trinajstić information content (AvgIpc) is 2.02. The molecule has 68 valence electrons. The zero-order chi connectivity index (χ0) is 9.35. The van der Waals surface area contributed by atoms with Gasteiger partial charge in [-0.15, -0.1) is 0 Å². The summed E-state index contributed by atoms with van der Waals surface area (Å²) in [6, 6.07) is 0. The molecule has 0 fully saturated rings. The van der Waals surface area contributed by atoms with E-state index in [0.29, 0.717) is 4.83 Å². The molecule has 2 heteroatoms. The van der Waals surface area contributed by atoms with Crippen LogP contribution in [0.2, 0.25) is 0 Å². The number of hydrogen-bond acceptors (Lipinski definition) is 0. The fraction of sp³-hybridized carbons (Fsp3) is 0.600. The quantitative estimate of drug-likeness (QED) is 0.629. The Bertz CT molecular complexity index is 226. The zero-order valence-corrected chi connectivity index (χ0v) is 10.7. The Morgan fingerprint density at radius 1 is 1.58 bits per heavy atom. The van der Waals surface area contributed by atoms with Crippen LogP contribution < -0.4 is 0 Å². The number of allylic oxidation sites excluding steroid dienone is 3. The molecule has 0 saturated heterocycles. The highest BCUT2D eigenvalue weighted by molar-refractivity contribution is 9.12. The van der Waals surface area contributed by atoms with E-state index in [0.717, 1.165) is 6.42 Å². The second kappa shape index (κ2) is 3.67. The van der Waals surface area contributed by atoms with E-state index in [1.807, 2.05) is 6.08 Å². The third kappa shape index (κ3) is 1.69. The minimum atomic E-state index is 0.210. The molecule has 0 aromatic carbocycles. The van der Waals surface area contributed by atoms with Gasteiger partial charge in [0.2, 0.25) is 0 Å². The van der Waals surface area contributed by atoms with Gasteiger partial charge in [-0.3, -0.25) is 0 Å². The highest BCUT2D eigenvalue weighted by Crippen LogP contribution is 2.47. The Morgan fingerprint density at radius 3 is 2.67 bits per heavy atom. The topological polar surface area (TPSA) is 0 Å². The van der Waals surface area contributed by atoms with Gasteiger partial charge in [-0.25, -0.2) is 0 Å². The second-order valence-corrected chi connectivity index (χ2v) is 5.67. The van der Waals surface area contributed by atoms with E-state index in [1.54, 1.807) is 0 Å². The van der Waals surface area contributed by atoms with E-state index < -0.39 is 0 Å². The summed E-state index contributed by atoms with van der Waals surface area (Å²) < 4.78 is 1.30. The van der Waals surface area contributed by atoms with Crippen LogP contribution >= 0.6 is 31.9 Å². The monoisotopic (exact) mass is 292 g/mol. The summed E-state index contributed by atoms with van der Waals surface area (Å²) in [6.45, 7) is 8.32. The summed E-state index contributed by atoms with van der Waals surface area (Å²) in [5.41, 5.74) is 1.57. The molecular weight excluding hydrogens is 280 g/mol. The van der Waals surface area contributed by atoms with Crippen molar-refractivity contribution in [2.45, 2.75) is 31.5 Å². The highest BCUT2D eigenvalue weighted by atomic mass is 79.9. The highest BCUT2D eigenvalue weighted by Gasteiger charge is 2.34. The van der Waals surface area contributed by atoms with Crippen LogP contribution in [-0.4, -0.2) is 4.83 Å². The maximum absolute atomic E-state index is 3.82. The van der Waals surface area contributed by atoms with E-state index in [9.17, 15) is 0 Å². The Morgan fingerprint density at radius 2 is 2.17 bits per heavy atom. The smallest absolute Gasteiger partial charge is 0.0245 e. The van der Waals surface area contributed by atoms with Gasteiger partial charge in [0.1, 0.15) is 0 Å². The van der Waals surface area contributed by atoms with Crippen molar-refractivity contribution >= 4 is 31.9 Å². The Balaban J connectivity index is 3.05. The van der Waals surface area contributed by atoms with Gasteiger partial charge in [-0.05, 0) is 18.4 Å². The van der Waals surface area contributed by atoms with E-state index in [-0.39, 0.29) is 5.41 Å². The lowest BCUT2D eigenvalue weighted by molar-refractivity contribution is 0.415. The molecule has 1 rings (SSSR count). The summed E-state index contributed by atoms with van der Waals surface area (Å²) in [6.07, 6.45) is 4.29. The molecule has 0 bridgehead atoms. The molecule has 0 amide bonds. The van der Waals surface area contributed by atoms with Crippen LogP contribution in [0.4, 0.5) is 0 Å². The molecule has 0 saturated carbocycles. The third-order valence-corrected chi connectivity index (χ3v) is 5.68. The fourth-order valence-electron chi connectivity index (χ4n) is 1.50. The Labute approximate surface area is 91.4 Å². The first-order valence-corrected chi connectivity index (χ1v) is 5.86. The van der Waals surface area contributed by atoms with Crippen LogP contribution in [0.3, 0.4) is 0 Å². The van der Waals surface area contributed by atoms with E-state index in [1.165, 1.54) is 16.5 Å². The minimum absolute atomic E-state index is 0.210. The van der Waals surface area contributed by atoms with Gasteiger partial charge in [-0.1, -0.05) is 58.4 Å². The van der Waals surface area contributed by atoms with Gasteiger partial charge < -0.3 is 0 Å². The zero-order valence-electron chi connectivity index (χ0n) is 7.53. The molecule has 0 radical (unpaired) electrons. The molecule has 1 atom stereocenters. The van der Waals surface area contributed by atoms with Gasteiger partial charge >= 0.3 is 0 Å². The van der Waals surface area contributed by atoms with Crippen LogP contribution in [0, 0.1) is 5.41 Å². The lowest BCUT2D eigenvalue weighted by atomic mass is 9.79. The molecule has 1 aliphatic rings. The van der Waals surface area contributed by atoms with Crippen molar-refractivity contribution in [2.24, 2.45) is 5.41 Å². The van der Waals surface area contributed by atoms with Crippen LogP contribution in [0.25, 0.3) is 0 Å². The summed E-state index contributed by atoms with van der Waals surface area (Å²) in [7, 11) is 0. The van der Waals surface area contributed by atoms with Gasteiger partial charge in [0.05, 0.1) is 0 Å². The first kappa shape index (κ1) is 10.5. The van der Waals surface area contributed by atoms with Crippen molar-refractivity contribution in [1.29, 1.82) is 0 Å². The van der Waals surface area contributed by atoms with Gasteiger partial charge in [0, 0.05) is 14.7 Å². The standard InChI is InChI=1S/C10H14Br2/c1-4-7-5-6-8(11)10(2,3)9(7)12/h4,8H,1,5-6H2,2-3H3. The number of alkyl halides is 1. The van der Waals surface area contributed by atoms with Gasteiger partial charge in [0.25, 0.3) is 0 Å². The van der Waals surface area contributed by atoms with Gasteiger partial charge in [0.15, 0.2) is 0 Å². The van der Waals surface area contributed by atoms with Gasteiger partial charge in [-0.2, -0.15) is 0 Å². The van der Waals surface area contributed by atoms with Crippen molar-refractivity contribution in [1.82, 2.24) is 0 Å². The van der Waals surface area contributed by atoms with Crippen LogP contribution in [0.15, 0.2) is 22.7 Å². The van der Waals surface area contributed by atoms with Crippen LogP contribution in [0.5, 0.6) is 0 Å². The molecule has 0 aromatic heterocycles. The number of rotatable bonds is 1. The van der Waals surface area contributed by atoms with Crippen molar-refractivity contribution in [3.63, 3.8) is 0 Å². The predicted molar refractivity (Wildman–Crippen MR) is 61.9 cm³/mol. The molecule has 0 N–H and O–H groups in total. The van der Waals surface area contributed by atoms with E-state index in [2.05, 4.69) is 52.3 Å². The largest absolute Gasteiger partial charge is 0.0988 e. The molecule has 0 spiro atoms. The second-order valence-electron chi connectivity index (χ2n) is 3.77. The Kier molecular flexibility index (Phi) is 3.21. The molecule has 0 aliphatic heterocycles. The molecule has 0 nitrogen and oxygen atoms in total. The lowest BCUT2D eigenvalue weighted by Gasteiger charge is -2.36. The van der Waals surface area contributed by atoms with E-state index >= 15 is 0 Å². The maximum Gasteiger partial charge on any atom is 0.0245 e. The summed E-state index contributed by atoms with van der Waals surface area (Å²) in [5, 5.41) is 0. The minimum Gasteiger partial charge on any atom is -0.0988 e. The molecule has 0 aromatic rings. The van der Waals surface area contributed by atoms with Crippen molar-refractivity contribution in [3.8, 4) is 0 Å². The SMILES string of the molecule is C=CC1=C(Br)C(C)(C)C(Br)CC1. The third-order valence-electron chi connectivity index (χ3n) is 2.54.